The second-order valence-corrected chi connectivity index (χ2v) is 5.25. The van der Waals surface area contributed by atoms with Gasteiger partial charge in [-0.15, -0.1) is 5.10 Å². The molecule has 0 saturated carbocycles. The SMILES string of the molecule is CCNC(CC(CC)CC)c1snnc1CC. The van der Waals surface area contributed by atoms with Crippen LogP contribution in [0.15, 0.2) is 0 Å². The molecule has 98 valence electrons. The van der Waals surface area contributed by atoms with Gasteiger partial charge in [0.2, 0.25) is 0 Å². The molecule has 0 aliphatic carbocycles. The van der Waals surface area contributed by atoms with Crippen LogP contribution in [0.1, 0.15) is 63.6 Å². The van der Waals surface area contributed by atoms with Gasteiger partial charge in [-0.25, -0.2) is 0 Å². The molecule has 1 aromatic heterocycles. The highest BCUT2D eigenvalue weighted by molar-refractivity contribution is 7.05. The fourth-order valence-corrected chi connectivity index (χ4v) is 3.03. The van der Waals surface area contributed by atoms with Crippen molar-refractivity contribution in [3.05, 3.63) is 10.6 Å². The van der Waals surface area contributed by atoms with Crippen molar-refractivity contribution in [2.24, 2.45) is 5.92 Å². The standard InChI is InChI=1S/C13H25N3S/c1-5-10(6-2)9-12(14-8-4)13-11(7-3)15-16-17-13/h10,12,14H,5-9H2,1-4H3. The maximum Gasteiger partial charge on any atom is 0.0800 e. The third-order valence-corrected chi connectivity index (χ3v) is 4.29. The van der Waals surface area contributed by atoms with E-state index in [1.54, 1.807) is 11.5 Å². The van der Waals surface area contributed by atoms with Crippen molar-refractivity contribution in [1.29, 1.82) is 0 Å². The van der Waals surface area contributed by atoms with Gasteiger partial charge in [-0.2, -0.15) is 0 Å². The van der Waals surface area contributed by atoms with Crippen molar-refractivity contribution >= 4 is 11.5 Å². The van der Waals surface area contributed by atoms with E-state index in [2.05, 4.69) is 42.6 Å². The number of nitrogens with one attached hydrogen (secondary N) is 1. The lowest BCUT2D eigenvalue weighted by atomic mass is 9.93. The molecule has 1 N–H and O–H groups in total. The first kappa shape index (κ1) is 14.6. The monoisotopic (exact) mass is 255 g/mol. The minimum atomic E-state index is 0.444. The Bertz CT molecular complexity index is 307. The third-order valence-electron chi connectivity index (χ3n) is 3.41. The lowest BCUT2D eigenvalue weighted by molar-refractivity contribution is 0.377. The topological polar surface area (TPSA) is 37.8 Å². The Labute approximate surface area is 109 Å². The minimum absolute atomic E-state index is 0.444. The molecule has 0 saturated heterocycles. The van der Waals surface area contributed by atoms with Crippen LogP contribution in [-0.4, -0.2) is 16.1 Å². The van der Waals surface area contributed by atoms with E-state index >= 15 is 0 Å². The molecular formula is C13H25N3S. The summed E-state index contributed by atoms with van der Waals surface area (Å²) >= 11 is 1.56. The van der Waals surface area contributed by atoms with E-state index in [9.17, 15) is 0 Å². The first-order chi connectivity index (χ1) is 8.26. The normalized spacial score (nSPS) is 13.2. The summed E-state index contributed by atoms with van der Waals surface area (Å²) in [5, 5.41) is 7.81. The second kappa shape index (κ2) is 7.77. The van der Waals surface area contributed by atoms with Crippen LogP contribution in [0.3, 0.4) is 0 Å². The Morgan fingerprint density at radius 3 is 2.41 bits per heavy atom. The van der Waals surface area contributed by atoms with Crippen LogP contribution in [0.5, 0.6) is 0 Å². The molecule has 0 fully saturated rings. The Morgan fingerprint density at radius 1 is 1.18 bits per heavy atom. The lowest BCUT2D eigenvalue weighted by Gasteiger charge is -2.22. The Hall–Kier alpha value is -0.480. The zero-order chi connectivity index (χ0) is 12.7. The van der Waals surface area contributed by atoms with Crippen LogP contribution in [-0.2, 0) is 6.42 Å². The van der Waals surface area contributed by atoms with Crippen molar-refractivity contribution in [1.82, 2.24) is 14.9 Å². The van der Waals surface area contributed by atoms with Crippen molar-refractivity contribution < 1.29 is 0 Å². The molecule has 0 bridgehead atoms. The molecule has 0 radical (unpaired) electrons. The smallest absolute Gasteiger partial charge is 0.0800 e. The van der Waals surface area contributed by atoms with Gasteiger partial charge in [-0.05, 0) is 36.8 Å². The predicted octanol–water partition coefficient (Wildman–Crippen LogP) is 3.58. The van der Waals surface area contributed by atoms with E-state index in [-0.39, 0.29) is 0 Å². The summed E-state index contributed by atoms with van der Waals surface area (Å²) in [5.41, 5.74) is 1.17. The summed E-state index contributed by atoms with van der Waals surface area (Å²) in [4.78, 5) is 1.35. The van der Waals surface area contributed by atoms with E-state index in [0.717, 1.165) is 18.9 Å². The molecule has 1 rings (SSSR count). The number of aryl methyl sites for hydroxylation is 1. The summed E-state index contributed by atoms with van der Waals surface area (Å²) in [6.07, 6.45) is 4.70. The fraction of sp³-hybridized carbons (Fsp3) is 0.846. The molecule has 17 heavy (non-hydrogen) atoms. The van der Waals surface area contributed by atoms with Crippen molar-refractivity contribution in [3.8, 4) is 0 Å². The molecule has 4 heteroatoms. The zero-order valence-electron chi connectivity index (χ0n) is 11.5. The molecule has 0 aliphatic heterocycles. The summed E-state index contributed by atoms with van der Waals surface area (Å²) in [5.74, 6) is 0.797. The summed E-state index contributed by atoms with van der Waals surface area (Å²) in [6, 6.07) is 0.444. The van der Waals surface area contributed by atoms with Gasteiger partial charge < -0.3 is 5.32 Å². The van der Waals surface area contributed by atoms with E-state index in [0.29, 0.717) is 6.04 Å². The Balaban J connectivity index is 2.77. The number of rotatable bonds is 8. The number of nitrogens with zero attached hydrogens (tertiary/aromatic N) is 2. The first-order valence-electron chi connectivity index (χ1n) is 6.81. The van der Waals surface area contributed by atoms with Gasteiger partial charge in [0.1, 0.15) is 0 Å². The number of hydrogen-bond acceptors (Lipinski definition) is 4. The van der Waals surface area contributed by atoms with Crippen LogP contribution in [0.2, 0.25) is 0 Å². The minimum Gasteiger partial charge on any atom is -0.309 e. The van der Waals surface area contributed by atoms with Gasteiger partial charge in [0.25, 0.3) is 0 Å². The van der Waals surface area contributed by atoms with Gasteiger partial charge in [-0.1, -0.05) is 45.0 Å². The summed E-state index contributed by atoms with van der Waals surface area (Å²) < 4.78 is 4.11. The van der Waals surface area contributed by atoms with Gasteiger partial charge in [0.15, 0.2) is 0 Å². The Kier molecular flexibility index (Phi) is 6.66. The predicted molar refractivity (Wildman–Crippen MR) is 74.4 cm³/mol. The molecule has 0 amide bonds. The van der Waals surface area contributed by atoms with Crippen LogP contribution in [0.25, 0.3) is 0 Å². The highest BCUT2D eigenvalue weighted by Crippen LogP contribution is 2.29. The van der Waals surface area contributed by atoms with Gasteiger partial charge in [0.05, 0.1) is 10.6 Å². The average Bonchev–Trinajstić information content (AvgIpc) is 2.82. The molecular weight excluding hydrogens is 230 g/mol. The second-order valence-electron chi connectivity index (χ2n) is 4.47. The van der Waals surface area contributed by atoms with Crippen molar-refractivity contribution in [2.45, 2.75) is 59.4 Å². The lowest BCUT2D eigenvalue weighted by Crippen LogP contribution is -2.23. The molecule has 0 spiro atoms. The van der Waals surface area contributed by atoms with Gasteiger partial charge in [0, 0.05) is 6.04 Å². The van der Waals surface area contributed by atoms with Gasteiger partial charge >= 0.3 is 0 Å². The number of aromatic nitrogens is 2. The molecule has 0 aromatic carbocycles. The van der Waals surface area contributed by atoms with Crippen LogP contribution in [0, 0.1) is 5.92 Å². The fourth-order valence-electron chi connectivity index (χ4n) is 2.21. The van der Waals surface area contributed by atoms with E-state index in [1.807, 2.05) is 0 Å². The first-order valence-corrected chi connectivity index (χ1v) is 7.58. The highest BCUT2D eigenvalue weighted by atomic mass is 32.1. The van der Waals surface area contributed by atoms with Crippen molar-refractivity contribution in [3.63, 3.8) is 0 Å². The zero-order valence-corrected chi connectivity index (χ0v) is 12.3. The van der Waals surface area contributed by atoms with Crippen LogP contribution in [0.4, 0.5) is 0 Å². The van der Waals surface area contributed by atoms with E-state index in [1.165, 1.54) is 29.8 Å². The van der Waals surface area contributed by atoms with Crippen molar-refractivity contribution in [2.75, 3.05) is 6.54 Å². The molecule has 1 unspecified atom stereocenters. The molecule has 1 atom stereocenters. The van der Waals surface area contributed by atoms with E-state index < -0.39 is 0 Å². The number of hydrogen-bond donors (Lipinski definition) is 1. The largest absolute Gasteiger partial charge is 0.309 e. The van der Waals surface area contributed by atoms with Gasteiger partial charge in [-0.3, -0.25) is 0 Å². The molecule has 3 nitrogen and oxygen atoms in total. The Morgan fingerprint density at radius 2 is 1.88 bits per heavy atom. The third kappa shape index (κ3) is 4.03. The highest BCUT2D eigenvalue weighted by Gasteiger charge is 2.20. The van der Waals surface area contributed by atoms with Crippen LogP contribution < -0.4 is 5.32 Å². The molecule has 1 aromatic rings. The molecule has 0 aliphatic rings. The summed E-state index contributed by atoms with van der Waals surface area (Å²) in [7, 11) is 0. The molecule has 1 heterocycles. The maximum absolute atomic E-state index is 4.23. The average molecular weight is 255 g/mol. The summed E-state index contributed by atoms with van der Waals surface area (Å²) in [6.45, 7) is 9.89. The van der Waals surface area contributed by atoms with E-state index in [4.69, 9.17) is 0 Å². The maximum atomic E-state index is 4.23. The van der Waals surface area contributed by atoms with Crippen LogP contribution >= 0.6 is 11.5 Å². The quantitative estimate of drug-likeness (QED) is 0.771.